The first-order valence-corrected chi connectivity index (χ1v) is 6.40. The quantitative estimate of drug-likeness (QED) is 0.422. The van der Waals surface area contributed by atoms with E-state index >= 15 is 0 Å². The number of carbonyl (C=O) groups excluding carboxylic acids is 1. The van der Waals surface area contributed by atoms with E-state index in [-0.39, 0.29) is 11.4 Å². The smallest absolute Gasteiger partial charge is 0.333 e. The maximum atomic E-state index is 11.6. The van der Waals surface area contributed by atoms with Crippen LogP contribution < -0.4 is 0 Å². The molecule has 1 aliphatic rings. The highest BCUT2D eigenvalue weighted by atomic mass is 16.5. The number of hydrogen-bond donors (Lipinski definition) is 0. The highest BCUT2D eigenvalue weighted by Gasteiger charge is 2.31. The second-order valence-electron chi connectivity index (χ2n) is 5.52. The lowest BCUT2D eigenvalue weighted by Crippen LogP contribution is -2.27. The van der Waals surface area contributed by atoms with Crippen LogP contribution >= 0.6 is 0 Å². The molecule has 17 heavy (non-hydrogen) atoms. The Labute approximate surface area is 105 Å². The Morgan fingerprint density at radius 2 is 2.24 bits per heavy atom. The van der Waals surface area contributed by atoms with Crippen molar-refractivity contribution in [3.05, 3.63) is 23.3 Å². The summed E-state index contributed by atoms with van der Waals surface area (Å²) in [5, 5.41) is 0. The predicted molar refractivity (Wildman–Crippen MR) is 70.7 cm³/mol. The molecule has 0 heterocycles. The van der Waals surface area contributed by atoms with Gasteiger partial charge in [0.2, 0.25) is 0 Å². The summed E-state index contributed by atoms with van der Waals surface area (Å²) in [6.45, 7) is 10.8. The van der Waals surface area contributed by atoms with E-state index in [0.29, 0.717) is 12.5 Å². The number of allylic oxidation sites excluding steroid dienone is 3. The van der Waals surface area contributed by atoms with Gasteiger partial charge in [-0.15, -0.1) is 0 Å². The van der Waals surface area contributed by atoms with Crippen molar-refractivity contribution in [2.24, 2.45) is 11.3 Å². The normalized spacial score (nSPS) is 24.2. The van der Waals surface area contributed by atoms with Gasteiger partial charge in [0.1, 0.15) is 0 Å². The van der Waals surface area contributed by atoms with Gasteiger partial charge in [-0.05, 0) is 39.0 Å². The number of carbonyl (C=O) groups is 1. The summed E-state index contributed by atoms with van der Waals surface area (Å²) < 4.78 is 5.02. The van der Waals surface area contributed by atoms with E-state index in [1.54, 1.807) is 0 Å². The Morgan fingerprint density at radius 1 is 1.59 bits per heavy atom. The fourth-order valence-electron chi connectivity index (χ4n) is 2.49. The zero-order valence-electron chi connectivity index (χ0n) is 11.7. The fraction of sp³-hybridized carbons (Fsp3) is 0.667. The van der Waals surface area contributed by atoms with E-state index in [9.17, 15) is 4.79 Å². The molecule has 0 aromatic rings. The number of rotatable bonds is 3. The van der Waals surface area contributed by atoms with Gasteiger partial charge in [0, 0.05) is 11.5 Å². The molecule has 1 rings (SSSR count). The van der Waals surface area contributed by atoms with E-state index in [1.165, 1.54) is 12.0 Å². The molecule has 0 saturated heterocycles. The Hall–Kier alpha value is -1.05. The fourth-order valence-corrected chi connectivity index (χ4v) is 2.49. The van der Waals surface area contributed by atoms with Gasteiger partial charge in [-0.3, -0.25) is 0 Å². The van der Waals surface area contributed by atoms with Crippen molar-refractivity contribution >= 4 is 5.97 Å². The van der Waals surface area contributed by atoms with Crippen LogP contribution in [0.5, 0.6) is 0 Å². The Morgan fingerprint density at radius 3 is 2.76 bits per heavy atom. The van der Waals surface area contributed by atoms with Crippen LogP contribution in [0.15, 0.2) is 23.3 Å². The zero-order valence-corrected chi connectivity index (χ0v) is 11.7. The first-order chi connectivity index (χ1) is 7.88. The third-order valence-corrected chi connectivity index (χ3v) is 3.60. The summed E-state index contributed by atoms with van der Waals surface area (Å²) in [6.07, 6.45) is 6.66. The molecule has 0 spiro atoms. The summed E-state index contributed by atoms with van der Waals surface area (Å²) in [5.41, 5.74) is 2.32. The van der Waals surface area contributed by atoms with Crippen molar-refractivity contribution in [2.75, 3.05) is 6.61 Å². The van der Waals surface area contributed by atoms with Crippen LogP contribution in [0.4, 0.5) is 0 Å². The largest absolute Gasteiger partial charge is 0.463 e. The minimum absolute atomic E-state index is 0.193. The van der Waals surface area contributed by atoms with Gasteiger partial charge in [0.25, 0.3) is 0 Å². The standard InChI is InChI=1S/C15H24O2/c1-6-17-14(16)12(3)10-13-11(2)8-7-9-15(13,4)5/h8,10,13H,6-7,9H2,1-5H3/b12-10-/t13-/m0/s1. The van der Waals surface area contributed by atoms with Crippen LogP contribution in [-0.4, -0.2) is 12.6 Å². The Bertz CT molecular complexity index is 348. The second kappa shape index (κ2) is 5.52. The number of hydrogen-bond acceptors (Lipinski definition) is 2. The van der Waals surface area contributed by atoms with Crippen LogP contribution in [0, 0.1) is 11.3 Å². The highest BCUT2D eigenvalue weighted by molar-refractivity contribution is 5.87. The van der Waals surface area contributed by atoms with Crippen LogP contribution in [0.1, 0.15) is 47.5 Å². The molecule has 0 fully saturated rings. The number of ether oxygens (including phenoxy) is 1. The lowest BCUT2D eigenvalue weighted by molar-refractivity contribution is -0.138. The molecule has 0 aromatic carbocycles. The van der Waals surface area contributed by atoms with Gasteiger partial charge in [-0.25, -0.2) is 4.79 Å². The van der Waals surface area contributed by atoms with Crippen molar-refractivity contribution in [3.63, 3.8) is 0 Å². The van der Waals surface area contributed by atoms with Crippen molar-refractivity contribution < 1.29 is 9.53 Å². The maximum Gasteiger partial charge on any atom is 0.333 e. The number of esters is 1. The lowest BCUT2D eigenvalue weighted by atomic mass is 9.68. The molecule has 0 aromatic heterocycles. The molecule has 0 bridgehead atoms. The molecular formula is C15H24O2. The molecule has 0 radical (unpaired) electrons. The minimum atomic E-state index is -0.193. The maximum absolute atomic E-state index is 11.6. The van der Waals surface area contributed by atoms with Gasteiger partial charge >= 0.3 is 5.97 Å². The monoisotopic (exact) mass is 236 g/mol. The summed E-state index contributed by atoms with van der Waals surface area (Å²) >= 11 is 0. The van der Waals surface area contributed by atoms with Crippen molar-refractivity contribution in [1.29, 1.82) is 0 Å². The van der Waals surface area contributed by atoms with Gasteiger partial charge < -0.3 is 4.74 Å². The van der Waals surface area contributed by atoms with Gasteiger partial charge in [-0.1, -0.05) is 31.6 Å². The van der Waals surface area contributed by atoms with E-state index in [1.807, 2.05) is 13.8 Å². The zero-order chi connectivity index (χ0) is 13.1. The molecule has 96 valence electrons. The topological polar surface area (TPSA) is 26.3 Å². The van der Waals surface area contributed by atoms with Crippen LogP contribution in [0.25, 0.3) is 0 Å². The molecular weight excluding hydrogens is 212 g/mol. The van der Waals surface area contributed by atoms with Crippen molar-refractivity contribution in [1.82, 2.24) is 0 Å². The van der Waals surface area contributed by atoms with E-state index in [4.69, 9.17) is 4.74 Å². The van der Waals surface area contributed by atoms with Crippen molar-refractivity contribution in [2.45, 2.75) is 47.5 Å². The molecule has 2 nitrogen and oxygen atoms in total. The molecule has 0 amide bonds. The molecule has 1 aliphatic carbocycles. The van der Waals surface area contributed by atoms with E-state index in [2.05, 4.69) is 32.9 Å². The minimum Gasteiger partial charge on any atom is -0.463 e. The first kappa shape index (κ1) is 14.0. The Balaban J connectivity index is 2.90. The second-order valence-corrected chi connectivity index (χ2v) is 5.52. The average Bonchev–Trinajstić information content (AvgIpc) is 2.23. The SMILES string of the molecule is CCOC(=O)/C(C)=C\[C@H]1C(C)=CCCC1(C)C. The first-order valence-electron chi connectivity index (χ1n) is 6.40. The average molecular weight is 236 g/mol. The summed E-state index contributed by atoms with van der Waals surface area (Å²) in [7, 11) is 0. The third-order valence-electron chi connectivity index (χ3n) is 3.60. The molecule has 0 unspecified atom stereocenters. The summed E-state index contributed by atoms with van der Waals surface area (Å²) in [5.74, 6) is 0.155. The third kappa shape index (κ3) is 3.45. The van der Waals surface area contributed by atoms with Gasteiger partial charge in [-0.2, -0.15) is 0 Å². The van der Waals surface area contributed by atoms with E-state index < -0.39 is 0 Å². The van der Waals surface area contributed by atoms with Gasteiger partial charge in [0.15, 0.2) is 0 Å². The van der Waals surface area contributed by atoms with Gasteiger partial charge in [0.05, 0.1) is 6.61 Å². The molecule has 0 aliphatic heterocycles. The van der Waals surface area contributed by atoms with Crippen molar-refractivity contribution in [3.8, 4) is 0 Å². The molecule has 2 heteroatoms. The molecule has 0 saturated carbocycles. The van der Waals surface area contributed by atoms with Crippen LogP contribution in [0.3, 0.4) is 0 Å². The molecule has 0 N–H and O–H groups in total. The molecule has 1 atom stereocenters. The van der Waals surface area contributed by atoms with Crippen LogP contribution in [-0.2, 0) is 9.53 Å². The summed E-state index contributed by atoms with van der Waals surface area (Å²) in [4.78, 5) is 11.6. The van der Waals surface area contributed by atoms with Crippen LogP contribution in [0.2, 0.25) is 0 Å². The lowest BCUT2D eigenvalue weighted by Gasteiger charge is -2.37. The van der Waals surface area contributed by atoms with E-state index in [0.717, 1.165) is 12.0 Å². The highest BCUT2D eigenvalue weighted by Crippen LogP contribution is 2.42. The Kier molecular flexibility index (Phi) is 4.55. The summed E-state index contributed by atoms with van der Waals surface area (Å²) in [6, 6.07) is 0. The predicted octanol–water partition coefficient (Wildman–Crippen LogP) is 3.88.